The fourth-order valence-electron chi connectivity index (χ4n) is 3.06. The number of hydrogen-bond donors (Lipinski definition) is 2. The standard InChI is InChI=1S/C19H22ClN3O2/c20-16-3-1-14(2-4-16)19(15-5-9-21-10-6-15)22-18(25)13-23-11-7-17(24)8-12-23/h1-6,9-10,17,19,24H,7-8,11-13H2,(H,22,25). The summed E-state index contributed by atoms with van der Waals surface area (Å²) in [5, 5.41) is 13.4. The third-order valence-corrected chi connectivity index (χ3v) is 4.72. The molecular weight excluding hydrogens is 338 g/mol. The van der Waals surface area contributed by atoms with E-state index in [4.69, 9.17) is 11.6 Å². The predicted molar refractivity (Wildman–Crippen MR) is 97.4 cm³/mol. The van der Waals surface area contributed by atoms with Crippen molar-refractivity contribution < 1.29 is 9.90 Å². The van der Waals surface area contributed by atoms with E-state index in [1.54, 1.807) is 12.4 Å². The number of likely N-dealkylation sites (tertiary alicyclic amines) is 1. The van der Waals surface area contributed by atoms with E-state index in [1.807, 2.05) is 36.4 Å². The first-order valence-electron chi connectivity index (χ1n) is 8.47. The number of aliphatic hydroxyl groups excluding tert-OH is 1. The Bertz CT molecular complexity index is 686. The van der Waals surface area contributed by atoms with Crippen molar-refractivity contribution in [2.75, 3.05) is 19.6 Å². The Morgan fingerprint density at radius 3 is 2.40 bits per heavy atom. The molecule has 25 heavy (non-hydrogen) atoms. The zero-order valence-electron chi connectivity index (χ0n) is 13.9. The fraction of sp³-hybridized carbons (Fsp3) is 0.368. The third kappa shape index (κ3) is 5.01. The molecule has 2 N–H and O–H groups in total. The summed E-state index contributed by atoms with van der Waals surface area (Å²) in [5.41, 5.74) is 1.94. The maximum Gasteiger partial charge on any atom is 0.234 e. The van der Waals surface area contributed by atoms with Crippen LogP contribution < -0.4 is 5.32 Å². The summed E-state index contributed by atoms with van der Waals surface area (Å²) in [6, 6.07) is 11.0. The molecule has 1 amide bonds. The van der Waals surface area contributed by atoms with Crippen LogP contribution in [0.25, 0.3) is 0 Å². The summed E-state index contributed by atoms with van der Waals surface area (Å²) >= 11 is 5.98. The van der Waals surface area contributed by atoms with Crippen molar-refractivity contribution in [1.82, 2.24) is 15.2 Å². The molecular formula is C19H22ClN3O2. The lowest BCUT2D eigenvalue weighted by Gasteiger charge is -2.29. The second-order valence-electron chi connectivity index (χ2n) is 6.34. The zero-order valence-corrected chi connectivity index (χ0v) is 14.7. The van der Waals surface area contributed by atoms with E-state index in [0.717, 1.165) is 37.1 Å². The van der Waals surface area contributed by atoms with Crippen LogP contribution >= 0.6 is 11.6 Å². The van der Waals surface area contributed by atoms with Crippen LogP contribution in [0.4, 0.5) is 0 Å². The van der Waals surface area contributed by atoms with Crippen molar-refractivity contribution in [3.05, 3.63) is 64.9 Å². The molecule has 1 fully saturated rings. The average molecular weight is 360 g/mol. The number of rotatable bonds is 5. The topological polar surface area (TPSA) is 65.5 Å². The second kappa shape index (κ2) is 8.43. The van der Waals surface area contributed by atoms with Gasteiger partial charge in [-0.05, 0) is 48.2 Å². The van der Waals surface area contributed by atoms with E-state index < -0.39 is 0 Å². The first-order chi connectivity index (χ1) is 12.1. The summed E-state index contributed by atoms with van der Waals surface area (Å²) < 4.78 is 0. The Balaban J connectivity index is 1.71. The number of aliphatic hydroxyl groups is 1. The van der Waals surface area contributed by atoms with Gasteiger partial charge in [-0.25, -0.2) is 0 Å². The van der Waals surface area contributed by atoms with Crippen molar-refractivity contribution in [3.8, 4) is 0 Å². The molecule has 3 rings (SSSR count). The molecule has 1 unspecified atom stereocenters. The SMILES string of the molecule is O=C(CN1CCC(O)CC1)NC(c1ccncc1)c1ccc(Cl)cc1. The third-order valence-electron chi connectivity index (χ3n) is 4.47. The lowest BCUT2D eigenvalue weighted by Crippen LogP contribution is -2.43. The van der Waals surface area contributed by atoms with E-state index in [9.17, 15) is 9.90 Å². The lowest BCUT2D eigenvalue weighted by molar-refractivity contribution is -0.123. The quantitative estimate of drug-likeness (QED) is 0.860. The van der Waals surface area contributed by atoms with Gasteiger partial charge in [-0.15, -0.1) is 0 Å². The van der Waals surface area contributed by atoms with Gasteiger partial charge in [0.25, 0.3) is 0 Å². The van der Waals surface area contributed by atoms with Crippen molar-refractivity contribution in [2.24, 2.45) is 0 Å². The molecule has 0 saturated carbocycles. The Kier molecular flexibility index (Phi) is 6.02. The molecule has 1 aromatic carbocycles. The van der Waals surface area contributed by atoms with Crippen LogP contribution in [0.1, 0.15) is 30.0 Å². The number of carbonyl (C=O) groups is 1. The highest BCUT2D eigenvalue weighted by atomic mass is 35.5. The Labute approximate surface area is 152 Å². The van der Waals surface area contributed by atoms with Gasteiger partial charge in [-0.1, -0.05) is 23.7 Å². The van der Waals surface area contributed by atoms with Gasteiger partial charge in [-0.3, -0.25) is 14.7 Å². The molecule has 1 atom stereocenters. The van der Waals surface area contributed by atoms with Crippen molar-refractivity contribution in [3.63, 3.8) is 0 Å². The Hall–Kier alpha value is -1.95. The summed E-state index contributed by atoms with van der Waals surface area (Å²) in [6.07, 6.45) is 4.64. The number of aromatic nitrogens is 1. The van der Waals surface area contributed by atoms with Crippen LogP contribution in [0.2, 0.25) is 5.02 Å². The molecule has 2 heterocycles. The molecule has 1 aliphatic rings. The minimum absolute atomic E-state index is 0.0341. The first-order valence-corrected chi connectivity index (χ1v) is 8.85. The minimum Gasteiger partial charge on any atom is -0.393 e. The second-order valence-corrected chi connectivity index (χ2v) is 6.78. The van der Waals surface area contributed by atoms with E-state index >= 15 is 0 Å². The predicted octanol–water partition coefficient (Wildman–Crippen LogP) is 2.40. The molecule has 1 saturated heterocycles. The normalized spacial score (nSPS) is 17.2. The van der Waals surface area contributed by atoms with Crippen molar-refractivity contribution in [1.29, 1.82) is 0 Å². The summed E-state index contributed by atoms with van der Waals surface area (Å²) in [7, 11) is 0. The zero-order chi connectivity index (χ0) is 17.6. The highest BCUT2D eigenvalue weighted by Gasteiger charge is 2.21. The fourth-order valence-corrected chi connectivity index (χ4v) is 3.18. The molecule has 2 aromatic rings. The first kappa shape index (κ1) is 17.9. The van der Waals surface area contributed by atoms with E-state index in [0.29, 0.717) is 11.6 Å². The van der Waals surface area contributed by atoms with E-state index in [2.05, 4.69) is 15.2 Å². The largest absolute Gasteiger partial charge is 0.393 e. The molecule has 1 aromatic heterocycles. The molecule has 6 heteroatoms. The average Bonchev–Trinajstić information content (AvgIpc) is 2.63. The summed E-state index contributed by atoms with van der Waals surface area (Å²) in [6.45, 7) is 1.83. The number of hydrogen-bond acceptors (Lipinski definition) is 4. The number of benzene rings is 1. The lowest BCUT2D eigenvalue weighted by atomic mass is 9.99. The van der Waals surface area contributed by atoms with Gasteiger partial charge in [0.15, 0.2) is 0 Å². The molecule has 0 bridgehead atoms. The molecule has 0 spiro atoms. The minimum atomic E-state index is -0.247. The van der Waals surface area contributed by atoms with Crippen LogP contribution in [0.15, 0.2) is 48.8 Å². The highest BCUT2D eigenvalue weighted by molar-refractivity contribution is 6.30. The van der Waals surface area contributed by atoms with Crippen LogP contribution in [-0.2, 0) is 4.79 Å². The molecule has 0 aliphatic carbocycles. The number of pyridine rings is 1. The van der Waals surface area contributed by atoms with Crippen LogP contribution in [0.5, 0.6) is 0 Å². The number of nitrogens with one attached hydrogen (secondary N) is 1. The van der Waals surface area contributed by atoms with Crippen LogP contribution in [0, 0.1) is 0 Å². The number of carbonyl (C=O) groups excluding carboxylic acids is 1. The van der Waals surface area contributed by atoms with Crippen molar-refractivity contribution >= 4 is 17.5 Å². The van der Waals surface area contributed by atoms with Crippen molar-refractivity contribution in [2.45, 2.75) is 25.0 Å². The number of halogens is 1. The Morgan fingerprint density at radius 1 is 1.16 bits per heavy atom. The van der Waals surface area contributed by atoms with Crippen LogP contribution in [0.3, 0.4) is 0 Å². The highest BCUT2D eigenvalue weighted by Crippen LogP contribution is 2.23. The number of amides is 1. The van der Waals surface area contributed by atoms with Gasteiger partial charge in [0.2, 0.25) is 5.91 Å². The van der Waals surface area contributed by atoms with Crippen LogP contribution in [-0.4, -0.2) is 46.6 Å². The smallest absolute Gasteiger partial charge is 0.234 e. The van der Waals surface area contributed by atoms with E-state index in [-0.39, 0.29) is 18.1 Å². The number of piperidine rings is 1. The maximum atomic E-state index is 12.6. The van der Waals surface area contributed by atoms with E-state index in [1.165, 1.54) is 0 Å². The Morgan fingerprint density at radius 2 is 1.76 bits per heavy atom. The van der Waals surface area contributed by atoms with Gasteiger partial charge in [0, 0.05) is 30.5 Å². The molecule has 1 aliphatic heterocycles. The summed E-state index contributed by atoms with van der Waals surface area (Å²) in [4.78, 5) is 18.7. The molecule has 0 radical (unpaired) electrons. The van der Waals surface area contributed by atoms with Gasteiger partial charge < -0.3 is 10.4 Å². The van der Waals surface area contributed by atoms with Gasteiger partial charge in [0.05, 0.1) is 18.7 Å². The monoisotopic (exact) mass is 359 g/mol. The van der Waals surface area contributed by atoms with Gasteiger partial charge in [0.1, 0.15) is 0 Å². The molecule has 132 valence electrons. The molecule has 5 nitrogen and oxygen atoms in total. The number of nitrogens with zero attached hydrogens (tertiary/aromatic N) is 2. The van der Waals surface area contributed by atoms with Gasteiger partial charge in [-0.2, -0.15) is 0 Å². The maximum absolute atomic E-state index is 12.6. The van der Waals surface area contributed by atoms with Gasteiger partial charge >= 0.3 is 0 Å². The summed E-state index contributed by atoms with van der Waals surface area (Å²) in [5.74, 6) is -0.0341.